The van der Waals surface area contributed by atoms with Crippen molar-refractivity contribution < 1.29 is 9.72 Å². The summed E-state index contributed by atoms with van der Waals surface area (Å²) < 4.78 is 0.561. The first-order valence-corrected chi connectivity index (χ1v) is 6.99. The number of amides is 1. The highest BCUT2D eigenvalue weighted by Crippen LogP contribution is 2.31. The lowest BCUT2D eigenvalue weighted by atomic mass is 10.2. The third kappa shape index (κ3) is 3.49. The first-order valence-electron chi connectivity index (χ1n) is 5.44. The summed E-state index contributed by atoms with van der Waals surface area (Å²) in [5.41, 5.74) is 0.0524. The summed E-state index contributed by atoms with van der Waals surface area (Å²) in [5.74, 6) is -0.613. The molecule has 0 aliphatic heterocycles. The molecule has 9 heteroatoms. The zero-order valence-corrected chi connectivity index (χ0v) is 13.2. The van der Waals surface area contributed by atoms with E-state index in [-0.39, 0.29) is 21.3 Å². The Balaban J connectivity index is 2.39. The molecule has 108 valence electrons. The number of nitrogens with one attached hydrogen (secondary N) is 1. The molecule has 0 unspecified atom stereocenters. The molecule has 0 radical (unpaired) electrons. The molecule has 0 aliphatic rings. The molecule has 0 spiro atoms. The Morgan fingerprint density at radius 2 is 2.10 bits per heavy atom. The molecule has 0 fully saturated rings. The minimum absolute atomic E-state index is 0.0510. The van der Waals surface area contributed by atoms with Gasteiger partial charge >= 0.3 is 0 Å². The van der Waals surface area contributed by atoms with Gasteiger partial charge in [-0.1, -0.05) is 23.2 Å². The van der Waals surface area contributed by atoms with Crippen LogP contribution in [0.15, 0.2) is 35.1 Å². The van der Waals surface area contributed by atoms with Crippen LogP contribution in [0.25, 0.3) is 0 Å². The topological polar surface area (TPSA) is 85.1 Å². The van der Waals surface area contributed by atoms with Crippen molar-refractivity contribution in [3.8, 4) is 0 Å². The maximum Gasteiger partial charge on any atom is 0.271 e. The third-order valence-corrected chi connectivity index (χ3v) is 3.92. The Bertz CT molecular complexity index is 740. The largest absolute Gasteiger partial charge is 0.321 e. The predicted molar refractivity (Wildman–Crippen MR) is 83.0 cm³/mol. The van der Waals surface area contributed by atoms with Crippen molar-refractivity contribution >= 4 is 56.4 Å². The van der Waals surface area contributed by atoms with Gasteiger partial charge in [0, 0.05) is 24.5 Å². The summed E-state index contributed by atoms with van der Waals surface area (Å²) in [6, 6.07) is 3.72. The van der Waals surface area contributed by atoms with Crippen LogP contribution < -0.4 is 5.32 Å². The maximum atomic E-state index is 12.2. The first kappa shape index (κ1) is 15.7. The van der Waals surface area contributed by atoms with Crippen LogP contribution in [0.2, 0.25) is 10.0 Å². The summed E-state index contributed by atoms with van der Waals surface area (Å²) in [6.07, 6.45) is 2.99. The number of pyridine rings is 1. The number of rotatable bonds is 3. The second-order valence-electron chi connectivity index (χ2n) is 3.86. The van der Waals surface area contributed by atoms with Crippen molar-refractivity contribution in [2.75, 3.05) is 5.32 Å². The molecular weight excluding hydrogens is 385 g/mol. The number of nitro benzene ring substituents is 1. The van der Waals surface area contributed by atoms with Crippen molar-refractivity contribution in [3.63, 3.8) is 0 Å². The quantitative estimate of drug-likeness (QED) is 0.624. The number of benzene rings is 1. The number of non-ortho nitro benzene ring substituents is 1. The first-order chi connectivity index (χ1) is 9.90. The van der Waals surface area contributed by atoms with Crippen LogP contribution in [0.3, 0.4) is 0 Å². The lowest BCUT2D eigenvalue weighted by Crippen LogP contribution is -2.13. The minimum atomic E-state index is -0.651. The molecule has 0 saturated carbocycles. The van der Waals surface area contributed by atoms with Gasteiger partial charge in [0.2, 0.25) is 0 Å². The number of carbonyl (C=O) groups is 1. The van der Waals surface area contributed by atoms with E-state index in [1.54, 1.807) is 6.07 Å². The molecule has 6 nitrogen and oxygen atoms in total. The number of hydrogen-bond donors (Lipinski definition) is 1. The number of anilines is 1. The maximum absolute atomic E-state index is 12.2. The standard InChI is InChI=1S/C12H6BrCl2N3O3/c13-8-5-16-2-1-10(8)17-12(19)7-3-6(18(20)21)4-9(14)11(7)15/h1-5H,(H,16,17,19). The smallest absolute Gasteiger partial charge is 0.271 e. The molecule has 0 bridgehead atoms. The fourth-order valence-corrected chi connectivity index (χ4v) is 2.27. The molecule has 1 amide bonds. The second-order valence-corrected chi connectivity index (χ2v) is 5.50. The Morgan fingerprint density at radius 3 is 2.71 bits per heavy atom. The van der Waals surface area contributed by atoms with Crippen molar-refractivity contribution in [1.29, 1.82) is 0 Å². The van der Waals surface area contributed by atoms with E-state index in [1.165, 1.54) is 12.4 Å². The zero-order valence-electron chi connectivity index (χ0n) is 10.1. The van der Waals surface area contributed by atoms with Gasteiger partial charge in [-0.25, -0.2) is 0 Å². The van der Waals surface area contributed by atoms with Gasteiger partial charge in [0.25, 0.3) is 11.6 Å². The van der Waals surface area contributed by atoms with Crippen LogP contribution in [0.4, 0.5) is 11.4 Å². The fraction of sp³-hybridized carbons (Fsp3) is 0. The average Bonchev–Trinajstić information content (AvgIpc) is 2.43. The van der Waals surface area contributed by atoms with Crippen molar-refractivity contribution in [2.24, 2.45) is 0 Å². The Morgan fingerprint density at radius 1 is 1.38 bits per heavy atom. The Kier molecular flexibility index (Phi) is 4.76. The van der Waals surface area contributed by atoms with Gasteiger partial charge in [0.15, 0.2) is 0 Å². The van der Waals surface area contributed by atoms with Crippen LogP contribution in [0.5, 0.6) is 0 Å². The minimum Gasteiger partial charge on any atom is -0.321 e. The molecular formula is C12H6BrCl2N3O3. The average molecular weight is 391 g/mol. The van der Waals surface area contributed by atoms with Crippen molar-refractivity contribution in [3.05, 3.63) is 60.8 Å². The lowest BCUT2D eigenvalue weighted by molar-refractivity contribution is -0.384. The SMILES string of the molecule is O=C(Nc1ccncc1Br)c1cc([N+](=O)[O-])cc(Cl)c1Cl. The predicted octanol–water partition coefficient (Wildman–Crippen LogP) is 4.31. The summed E-state index contributed by atoms with van der Waals surface area (Å²) in [7, 11) is 0. The number of halogens is 3. The molecule has 0 aliphatic carbocycles. The van der Waals surface area contributed by atoms with E-state index in [1.807, 2.05) is 0 Å². The highest BCUT2D eigenvalue weighted by molar-refractivity contribution is 9.10. The van der Waals surface area contributed by atoms with E-state index < -0.39 is 10.8 Å². The van der Waals surface area contributed by atoms with Gasteiger partial charge in [-0.2, -0.15) is 0 Å². The number of aromatic nitrogens is 1. The highest BCUT2D eigenvalue weighted by Gasteiger charge is 2.20. The highest BCUT2D eigenvalue weighted by atomic mass is 79.9. The second kappa shape index (κ2) is 6.38. The summed E-state index contributed by atoms with van der Waals surface area (Å²) >= 11 is 15.0. The normalized spacial score (nSPS) is 10.2. The molecule has 1 aromatic carbocycles. The van der Waals surface area contributed by atoms with Gasteiger partial charge in [-0.05, 0) is 22.0 Å². The number of nitrogens with zero attached hydrogens (tertiary/aromatic N) is 2. The van der Waals surface area contributed by atoms with E-state index in [2.05, 4.69) is 26.2 Å². The van der Waals surface area contributed by atoms with Crippen LogP contribution in [0.1, 0.15) is 10.4 Å². The molecule has 1 aromatic heterocycles. The molecule has 2 rings (SSSR count). The van der Waals surface area contributed by atoms with Crippen molar-refractivity contribution in [1.82, 2.24) is 4.98 Å². The molecule has 0 saturated heterocycles. The van der Waals surface area contributed by atoms with Crippen LogP contribution in [0, 0.1) is 10.1 Å². The fourth-order valence-electron chi connectivity index (χ4n) is 1.51. The molecule has 21 heavy (non-hydrogen) atoms. The van der Waals surface area contributed by atoms with E-state index in [4.69, 9.17) is 23.2 Å². The third-order valence-electron chi connectivity index (χ3n) is 2.49. The van der Waals surface area contributed by atoms with E-state index in [9.17, 15) is 14.9 Å². The van der Waals surface area contributed by atoms with E-state index in [0.717, 1.165) is 12.1 Å². The Labute approximate surface area is 137 Å². The molecule has 1 heterocycles. The summed E-state index contributed by atoms with van der Waals surface area (Å²) in [6.45, 7) is 0. The molecule has 2 aromatic rings. The van der Waals surface area contributed by atoms with Gasteiger partial charge in [-0.3, -0.25) is 19.9 Å². The summed E-state index contributed by atoms with van der Waals surface area (Å²) in [4.78, 5) is 26.2. The molecule has 0 atom stereocenters. The van der Waals surface area contributed by atoms with Crippen LogP contribution >= 0.6 is 39.1 Å². The summed E-state index contributed by atoms with van der Waals surface area (Å²) in [5, 5.41) is 13.3. The molecule has 1 N–H and O–H groups in total. The van der Waals surface area contributed by atoms with Crippen LogP contribution in [-0.4, -0.2) is 15.8 Å². The van der Waals surface area contributed by atoms with Gasteiger partial charge in [0.05, 0.1) is 30.7 Å². The van der Waals surface area contributed by atoms with E-state index >= 15 is 0 Å². The zero-order chi connectivity index (χ0) is 15.6. The van der Waals surface area contributed by atoms with Gasteiger partial charge in [0.1, 0.15) is 0 Å². The number of carbonyl (C=O) groups excluding carboxylic acids is 1. The van der Waals surface area contributed by atoms with Gasteiger partial charge in [-0.15, -0.1) is 0 Å². The monoisotopic (exact) mass is 389 g/mol. The number of nitro groups is 1. The lowest BCUT2D eigenvalue weighted by Gasteiger charge is -2.09. The van der Waals surface area contributed by atoms with E-state index in [0.29, 0.717) is 10.2 Å². The Hall–Kier alpha value is -1.70. The number of hydrogen-bond acceptors (Lipinski definition) is 4. The van der Waals surface area contributed by atoms with Gasteiger partial charge < -0.3 is 5.32 Å². The van der Waals surface area contributed by atoms with Crippen LogP contribution in [-0.2, 0) is 0 Å². The van der Waals surface area contributed by atoms with Crippen molar-refractivity contribution in [2.45, 2.75) is 0 Å².